The van der Waals surface area contributed by atoms with E-state index in [9.17, 15) is 4.79 Å². The van der Waals surface area contributed by atoms with Crippen molar-refractivity contribution < 1.29 is 9.53 Å². The molecule has 1 aliphatic heterocycles. The largest absolute Gasteiger partial charge is 0.381 e. The molecular weight excluding hydrogens is 274 g/mol. The molecular formula is C19H23NO2. The quantitative estimate of drug-likeness (QED) is 0.857. The zero-order valence-electron chi connectivity index (χ0n) is 13.3. The normalized spacial score (nSPS) is 17.6. The third-order valence-corrected chi connectivity index (χ3v) is 4.58. The van der Waals surface area contributed by atoms with E-state index in [2.05, 4.69) is 22.8 Å². The summed E-state index contributed by atoms with van der Waals surface area (Å²) < 4.78 is 7.72. The third-order valence-electron chi connectivity index (χ3n) is 4.58. The van der Waals surface area contributed by atoms with E-state index in [1.54, 1.807) is 0 Å². The number of hydrogen-bond donors (Lipinski definition) is 0. The number of rotatable bonds is 4. The molecule has 1 aromatic heterocycles. The van der Waals surface area contributed by atoms with Crippen LogP contribution in [0.3, 0.4) is 0 Å². The van der Waals surface area contributed by atoms with Gasteiger partial charge < -0.3 is 9.30 Å². The first-order valence-electron chi connectivity index (χ1n) is 8.00. The molecule has 0 atom stereocenters. The summed E-state index contributed by atoms with van der Waals surface area (Å²) in [6.07, 6.45) is 3.55. The summed E-state index contributed by atoms with van der Waals surface area (Å²) in [5, 5.41) is 0. The zero-order valence-corrected chi connectivity index (χ0v) is 13.3. The van der Waals surface area contributed by atoms with Gasteiger partial charge in [-0.2, -0.15) is 0 Å². The minimum atomic E-state index is -0.471. The lowest BCUT2D eigenvalue weighted by Gasteiger charge is -2.40. The van der Waals surface area contributed by atoms with Crippen LogP contribution < -0.4 is 0 Å². The Morgan fingerprint density at radius 1 is 1.09 bits per heavy atom. The fourth-order valence-electron chi connectivity index (χ4n) is 3.45. The smallest absolute Gasteiger partial charge is 0.161 e. The van der Waals surface area contributed by atoms with E-state index < -0.39 is 5.54 Å². The van der Waals surface area contributed by atoms with Crippen LogP contribution in [-0.4, -0.2) is 23.6 Å². The first kappa shape index (κ1) is 15.0. The topological polar surface area (TPSA) is 31.2 Å². The Morgan fingerprint density at radius 3 is 2.41 bits per heavy atom. The highest BCUT2D eigenvalue weighted by molar-refractivity contribution is 5.89. The molecule has 0 unspecified atom stereocenters. The van der Waals surface area contributed by atoms with Crippen molar-refractivity contribution in [3.8, 4) is 11.3 Å². The maximum Gasteiger partial charge on any atom is 0.161 e. The summed E-state index contributed by atoms with van der Waals surface area (Å²) in [5.41, 5.74) is 1.78. The molecule has 0 radical (unpaired) electrons. The van der Waals surface area contributed by atoms with Gasteiger partial charge >= 0.3 is 0 Å². The molecule has 3 rings (SSSR count). The molecule has 22 heavy (non-hydrogen) atoms. The predicted molar refractivity (Wildman–Crippen MR) is 87.7 cm³/mol. The number of aromatic nitrogens is 1. The summed E-state index contributed by atoms with van der Waals surface area (Å²) >= 11 is 0. The number of benzene rings is 1. The molecule has 3 nitrogen and oxygen atoms in total. The summed E-state index contributed by atoms with van der Waals surface area (Å²) in [6.45, 7) is 5.27. The SMILES string of the molecule is CC(C)C(=O)C1(n2cccc2-c2ccccc2)CCOCC1. The van der Waals surface area contributed by atoms with Crippen molar-refractivity contribution in [3.05, 3.63) is 48.7 Å². The predicted octanol–water partition coefficient (Wildman–Crippen LogP) is 3.89. The number of carbonyl (C=O) groups is 1. The van der Waals surface area contributed by atoms with E-state index in [0.29, 0.717) is 19.0 Å². The second kappa shape index (κ2) is 6.09. The molecule has 0 bridgehead atoms. The zero-order chi connectivity index (χ0) is 15.6. The summed E-state index contributed by atoms with van der Waals surface area (Å²) in [7, 11) is 0. The highest BCUT2D eigenvalue weighted by Crippen LogP contribution is 2.37. The average Bonchev–Trinajstić information content (AvgIpc) is 3.05. The number of nitrogens with zero attached hydrogens (tertiary/aromatic N) is 1. The molecule has 0 aliphatic carbocycles. The van der Waals surface area contributed by atoms with Crippen LogP contribution in [-0.2, 0) is 15.1 Å². The monoisotopic (exact) mass is 297 g/mol. The van der Waals surface area contributed by atoms with Crippen molar-refractivity contribution in [1.82, 2.24) is 4.57 Å². The van der Waals surface area contributed by atoms with Gasteiger partial charge in [0.25, 0.3) is 0 Å². The van der Waals surface area contributed by atoms with Crippen LogP contribution in [0.4, 0.5) is 0 Å². The van der Waals surface area contributed by atoms with Crippen molar-refractivity contribution in [1.29, 1.82) is 0 Å². The van der Waals surface area contributed by atoms with Crippen molar-refractivity contribution >= 4 is 5.78 Å². The number of ketones is 1. The van der Waals surface area contributed by atoms with E-state index in [1.165, 1.54) is 0 Å². The summed E-state index contributed by atoms with van der Waals surface area (Å²) in [4.78, 5) is 13.0. The van der Waals surface area contributed by atoms with E-state index in [1.807, 2.05) is 44.3 Å². The minimum Gasteiger partial charge on any atom is -0.381 e. The fraction of sp³-hybridized carbons (Fsp3) is 0.421. The molecule has 3 heteroatoms. The summed E-state index contributed by atoms with van der Waals surface area (Å²) in [6, 6.07) is 14.4. The Kier molecular flexibility index (Phi) is 4.16. The molecule has 1 saturated heterocycles. The molecule has 116 valence electrons. The number of ether oxygens (including phenoxy) is 1. The molecule has 1 fully saturated rings. The molecule has 0 saturated carbocycles. The van der Waals surface area contributed by atoms with Crippen LogP contribution in [0.1, 0.15) is 26.7 Å². The van der Waals surface area contributed by atoms with Gasteiger partial charge in [0.05, 0.1) is 0 Å². The van der Waals surface area contributed by atoms with Crippen LogP contribution in [0.25, 0.3) is 11.3 Å². The Morgan fingerprint density at radius 2 is 1.77 bits per heavy atom. The molecule has 2 aromatic rings. The number of carbonyl (C=O) groups excluding carboxylic acids is 1. The van der Waals surface area contributed by atoms with Crippen LogP contribution in [0.15, 0.2) is 48.7 Å². The number of Topliss-reactive ketones (excluding diaryl/α,β-unsaturated/α-hetero) is 1. The average molecular weight is 297 g/mol. The van der Waals surface area contributed by atoms with Gasteiger partial charge in [-0.3, -0.25) is 4.79 Å². The molecule has 2 heterocycles. The van der Waals surface area contributed by atoms with Crippen molar-refractivity contribution in [2.45, 2.75) is 32.2 Å². The van der Waals surface area contributed by atoms with Gasteiger partial charge in [0.15, 0.2) is 5.78 Å². The lowest BCUT2D eigenvalue weighted by atomic mass is 9.80. The van der Waals surface area contributed by atoms with Crippen LogP contribution in [0.5, 0.6) is 0 Å². The van der Waals surface area contributed by atoms with E-state index in [0.717, 1.165) is 24.1 Å². The molecule has 0 amide bonds. The Bertz CT molecular complexity index is 636. The third kappa shape index (κ3) is 2.50. The molecule has 0 N–H and O–H groups in total. The van der Waals surface area contributed by atoms with Gasteiger partial charge in [0.1, 0.15) is 5.54 Å². The van der Waals surface area contributed by atoms with Crippen molar-refractivity contribution in [3.63, 3.8) is 0 Å². The highest BCUT2D eigenvalue weighted by atomic mass is 16.5. The van der Waals surface area contributed by atoms with E-state index in [-0.39, 0.29) is 5.92 Å². The minimum absolute atomic E-state index is 0.0177. The molecule has 1 aromatic carbocycles. The van der Waals surface area contributed by atoms with Gasteiger partial charge in [0, 0.05) is 43.9 Å². The first-order chi connectivity index (χ1) is 10.6. The van der Waals surface area contributed by atoms with Crippen LogP contribution in [0, 0.1) is 5.92 Å². The maximum atomic E-state index is 13.0. The van der Waals surface area contributed by atoms with Gasteiger partial charge in [-0.25, -0.2) is 0 Å². The Hall–Kier alpha value is -1.87. The first-order valence-corrected chi connectivity index (χ1v) is 8.00. The van der Waals surface area contributed by atoms with Crippen molar-refractivity contribution in [2.24, 2.45) is 5.92 Å². The van der Waals surface area contributed by atoms with Crippen molar-refractivity contribution in [2.75, 3.05) is 13.2 Å². The van der Waals surface area contributed by atoms with Gasteiger partial charge in [0.2, 0.25) is 0 Å². The Balaban J connectivity index is 2.10. The second-order valence-electron chi connectivity index (χ2n) is 6.29. The van der Waals surface area contributed by atoms with Crippen LogP contribution >= 0.6 is 0 Å². The van der Waals surface area contributed by atoms with Gasteiger partial charge in [-0.15, -0.1) is 0 Å². The molecule has 1 aliphatic rings. The van der Waals surface area contributed by atoms with E-state index >= 15 is 0 Å². The van der Waals surface area contributed by atoms with Crippen LogP contribution in [0.2, 0.25) is 0 Å². The highest BCUT2D eigenvalue weighted by Gasteiger charge is 2.43. The molecule has 0 spiro atoms. The fourth-order valence-corrected chi connectivity index (χ4v) is 3.45. The van der Waals surface area contributed by atoms with E-state index in [4.69, 9.17) is 4.74 Å². The lowest BCUT2D eigenvalue weighted by molar-refractivity contribution is -0.135. The second-order valence-corrected chi connectivity index (χ2v) is 6.29. The lowest BCUT2D eigenvalue weighted by Crippen LogP contribution is -2.48. The van der Waals surface area contributed by atoms with Gasteiger partial charge in [-0.1, -0.05) is 44.2 Å². The summed E-state index contributed by atoms with van der Waals surface area (Å²) in [5.74, 6) is 0.327. The number of hydrogen-bond acceptors (Lipinski definition) is 2. The standard InChI is InChI=1S/C19H23NO2/c1-15(2)18(21)19(10-13-22-14-11-19)20-12-6-9-17(20)16-7-4-3-5-8-16/h3-9,12,15H,10-11,13-14H2,1-2H3. The maximum absolute atomic E-state index is 13.0. The Labute approximate surface area is 131 Å². The van der Waals surface area contributed by atoms with Gasteiger partial charge in [-0.05, 0) is 17.7 Å².